The minimum Gasteiger partial charge on any atom is -0.444 e. The fraction of sp³-hybridized carbons (Fsp3) is 0.889. The quantitative estimate of drug-likeness (QED) is 0.803. The van der Waals surface area contributed by atoms with Crippen LogP contribution in [0.3, 0.4) is 0 Å². The Morgan fingerprint density at radius 2 is 1.83 bits per heavy atom. The second kappa shape index (κ2) is 8.19. The Bertz CT molecular complexity index is 439. The summed E-state index contributed by atoms with van der Waals surface area (Å²) in [6.07, 6.45) is 4.73. The zero-order valence-electron chi connectivity index (χ0n) is 15.3. The lowest BCUT2D eigenvalue weighted by Crippen LogP contribution is -2.37. The molecule has 24 heavy (non-hydrogen) atoms. The molecule has 0 aromatic rings. The van der Waals surface area contributed by atoms with Crippen molar-refractivity contribution in [2.75, 3.05) is 26.2 Å². The van der Waals surface area contributed by atoms with E-state index in [1.165, 1.54) is 0 Å². The van der Waals surface area contributed by atoms with E-state index >= 15 is 0 Å². The monoisotopic (exact) mass is 339 g/mol. The van der Waals surface area contributed by atoms with E-state index in [0.717, 1.165) is 38.8 Å². The zero-order valence-corrected chi connectivity index (χ0v) is 15.3. The maximum absolute atomic E-state index is 12.0. The Morgan fingerprint density at radius 1 is 1.21 bits per heavy atom. The Hall–Kier alpha value is -1.30. The van der Waals surface area contributed by atoms with Crippen LogP contribution in [0.4, 0.5) is 4.79 Å². The highest BCUT2D eigenvalue weighted by molar-refractivity contribution is 5.78. The number of alkyl carbamates (subject to hydrolysis) is 1. The van der Waals surface area contributed by atoms with Gasteiger partial charge in [0, 0.05) is 26.1 Å². The van der Waals surface area contributed by atoms with Crippen molar-refractivity contribution in [1.29, 1.82) is 0 Å². The van der Waals surface area contributed by atoms with Gasteiger partial charge in [0.1, 0.15) is 5.60 Å². The van der Waals surface area contributed by atoms with Crippen LogP contribution in [0.15, 0.2) is 0 Å². The molecule has 1 saturated carbocycles. The zero-order chi connectivity index (χ0) is 17.7. The number of hydrogen-bond donors (Lipinski definition) is 2. The fourth-order valence-electron chi connectivity index (χ4n) is 3.66. The average Bonchev–Trinajstić information content (AvgIpc) is 2.85. The molecule has 6 heteroatoms. The third kappa shape index (κ3) is 5.96. The molecule has 2 aliphatic rings. The molecule has 2 rings (SSSR count). The standard InChI is InChI=1S/C18H33N3O3/c1-18(2,3)24-17(23)20-10-13-4-6-14(7-5-13)11-21-12-15(9-19)8-16(21)22/h13-15H,4-12,19H2,1-3H3,(H,20,23). The SMILES string of the molecule is CC(C)(C)OC(=O)NCC1CCC(CN2CC(CN)CC2=O)CC1. The van der Waals surface area contributed by atoms with E-state index in [2.05, 4.69) is 5.32 Å². The molecule has 3 N–H and O–H groups in total. The summed E-state index contributed by atoms with van der Waals surface area (Å²) in [6.45, 7) is 8.59. The third-order valence-corrected chi connectivity index (χ3v) is 5.01. The average molecular weight is 339 g/mol. The lowest BCUT2D eigenvalue weighted by atomic mass is 9.81. The molecule has 1 atom stereocenters. The molecule has 0 aromatic carbocycles. The van der Waals surface area contributed by atoms with Crippen LogP contribution in [0.2, 0.25) is 0 Å². The lowest BCUT2D eigenvalue weighted by Gasteiger charge is -2.31. The first-order valence-electron chi connectivity index (χ1n) is 9.21. The summed E-state index contributed by atoms with van der Waals surface area (Å²) in [5.41, 5.74) is 5.23. The van der Waals surface area contributed by atoms with Crippen LogP contribution in [-0.4, -0.2) is 48.7 Å². The Labute approximate surface area is 145 Å². The number of nitrogens with one attached hydrogen (secondary N) is 1. The van der Waals surface area contributed by atoms with Gasteiger partial charge in [0.2, 0.25) is 5.91 Å². The van der Waals surface area contributed by atoms with Gasteiger partial charge in [-0.05, 0) is 70.8 Å². The number of ether oxygens (including phenoxy) is 1. The molecule has 2 amide bonds. The molecule has 2 fully saturated rings. The van der Waals surface area contributed by atoms with Crippen LogP contribution in [0.25, 0.3) is 0 Å². The van der Waals surface area contributed by atoms with Crippen molar-refractivity contribution in [3.8, 4) is 0 Å². The molecule has 1 aliphatic carbocycles. The molecule has 0 spiro atoms. The van der Waals surface area contributed by atoms with E-state index in [9.17, 15) is 9.59 Å². The highest BCUT2D eigenvalue weighted by atomic mass is 16.6. The fourth-order valence-corrected chi connectivity index (χ4v) is 3.66. The molecule has 1 heterocycles. The number of nitrogens with two attached hydrogens (primary N) is 1. The number of likely N-dealkylation sites (tertiary alicyclic amines) is 1. The molecule has 1 unspecified atom stereocenters. The summed E-state index contributed by atoms with van der Waals surface area (Å²) in [7, 11) is 0. The van der Waals surface area contributed by atoms with E-state index in [4.69, 9.17) is 10.5 Å². The topological polar surface area (TPSA) is 84.7 Å². The summed E-state index contributed by atoms with van der Waals surface area (Å²) in [4.78, 5) is 25.7. The maximum Gasteiger partial charge on any atom is 0.407 e. The van der Waals surface area contributed by atoms with Gasteiger partial charge in [-0.2, -0.15) is 0 Å². The van der Waals surface area contributed by atoms with Crippen LogP contribution in [-0.2, 0) is 9.53 Å². The van der Waals surface area contributed by atoms with Crippen molar-refractivity contribution >= 4 is 12.0 Å². The molecular weight excluding hydrogens is 306 g/mol. The van der Waals surface area contributed by atoms with Crippen LogP contribution >= 0.6 is 0 Å². The number of rotatable bonds is 5. The Kier molecular flexibility index (Phi) is 6.49. The number of nitrogens with zero attached hydrogens (tertiary/aromatic N) is 1. The minimum absolute atomic E-state index is 0.263. The van der Waals surface area contributed by atoms with Gasteiger partial charge in [0.15, 0.2) is 0 Å². The normalized spacial score (nSPS) is 28.1. The largest absolute Gasteiger partial charge is 0.444 e. The van der Waals surface area contributed by atoms with Crippen molar-refractivity contribution in [2.45, 2.75) is 58.5 Å². The van der Waals surface area contributed by atoms with Gasteiger partial charge in [0.05, 0.1) is 0 Å². The smallest absolute Gasteiger partial charge is 0.407 e. The van der Waals surface area contributed by atoms with Gasteiger partial charge >= 0.3 is 6.09 Å². The predicted octanol–water partition coefficient (Wildman–Crippen LogP) is 2.12. The van der Waals surface area contributed by atoms with E-state index in [-0.39, 0.29) is 12.0 Å². The molecule has 1 saturated heterocycles. The highest BCUT2D eigenvalue weighted by Crippen LogP contribution is 2.30. The van der Waals surface area contributed by atoms with Crippen LogP contribution in [0, 0.1) is 17.8 Å². The van der Waals surface area contributed by atoms with Gasteiger partial charge in [-0.3, -0.25) is 4.79 Å². The first-order chi connectivity index (χ1) is 11.3. The maximum atomic E-state index is 12.0. The summed E-state index contributed by atoms with van der Waals surface area (Å²) in [6, 6.07) is 0. The van der Waals surface area contributed by atoms with Gasteiger partial charge in [-0.25, -0.2) is 4.79 Å². The number of amides is 2. The van der Waals surface area contributed by atoms with Gasteiger partial charge in [-0.1, -0.05) is 0 Å². The Balaban J connectivity index is 1.65. The predicted molar refractivity (Wildman–Crippen MR) is 93.4 cm³/mol. The first-order valence-corrected chi connectivity index (χ1v) is 9.21. The van der Waals surface area contributed by atoms with E-state index in [1.807, 2.05) is 25.7 Å². The van der Waals surface area contributed by atoms with Gasteiger partial charge < -0.3 is 20.7 Å². The third-order valence-electron chi connectivity index (χ3n) is 5.01. The lowest BCUT2D eigenvalue weighted by molar-refractivity contribution is -0.128. The second-order valence-electron chi connectivity index (χ2n) is 8.37. The van der Waals surface area contributed by atoms with Crippen molar-refractivity contribution < 1.29 is 14.3 Å². The Morgan fingerprint density at radius 3 is 2.38 bits per heavy atom. The molecule has 1 aliphatic heterocycles. The van der Waals surface area contributed by atoms with E-state index in [1.54, 1.807) is 0 Å². The number of carbonyl (C=O) groups excluding carboxylic acids is 2. The summed E-state index contributed by atoms with van der Waals surface area (Å²) < 4.78 is 5.27. The molecule has 0 aromatic heterocycles. The van der Waals surface area contributed by atoms with Crippen molar-refractivity contribution in [3.63, 3.8) is 0 Å². The van der Waals surface area contributed by atoms with E-state index in [0.29, 0.717) is 37.3 Å². The summed E-state index contributed by atoms with van der Waals surface area (Å²) in [5, 5.41) is 2.88. The van der Waals surface area contributed by atoms with Crippen molar-refractivity contribution in [1.82, 2.24) is 10.2 Å². The molecule has 0 bridgehead atoms. The van der Waals surface area contributed by atoms with Crippen molar-refractivity contribution in [2.24, 2.45) is 23.5 Å². The van der Waals surface area contributed by atoms with Crippen LogP contribution in [0.1, 0.15) is 52.9 Å². The van der Waals surface area contributed by atoms with E-state index < -0.39 is 5.60 Å². The highest BCUT2D eigenvalue weighted by Gasteiger charge is 2.31. The summed E-state index contributed by atoms with van der Waals surface area (Å²) >= 11 is 0. The molecule has 6 nitrogen and oxygen atoms in total. The first kappa shape index (κ1) is 19.0. The number of hydrogen-bond acceptors (Lipinski definition) is 4. The van der Waals surface area contributed by atoms with Gasteiger partial charge in [-0.15, -0.1) is 0 Å². The molecule has 0 radical (unpaired) electrons. The summed E-state index contributed by atoms with van der Waals surface area (Å²) in [5.74, 6) is 1.70. The molecular formula is C18H33N3O3. The minimum atomic E-state index is -0.453. The molecule has 138 valence electrons. The van der Waals surface area contributed by atoms with Crippen molar-refractivity contribution in [3.05, 3.63) is 0 Å². The second-order valence-corrected chi connectivity index (χ2v) is 8.37. The van der Waals surface area contributed by atoms with Gasteiger partial charge in [0.25, 0.3) is 0 Å². The number of carbonyl (C=O) groups is 2. The van der Waals surface area contributed by atoms with Crippen LogP contribution in [0.5, 0.6) is 0 Å². The van der Waals surface area contributed by atoms with Crippen LogP contribution < -0.4 is 11.1 Å².